The summed E-state index contributed by atoms with van der Waals surface area (Å²) in [5, 5.41) is 1.60. The average Bonchev–Trinajstić information content (AvgIpc) is 2.50. The first kappa shape index (κ1) is 24.3. The van der Waals surface area contributed by atoms with Gasteiger partial charge in [0.25, 0.3) is 0 Å². The number of Topliss-reactive ketones (excluding diaryl/α,β-unsaturated/α-hetero) is 1. The van der Waals surface area contributed by atoms with Gasteiger partial charge in [-0.3, -0.25) is 4.79 Å². The van der Waals surface area contributed by atoms with Crippen LogP contribution in [0.5, 0.6) is 0 Å². The molecule has 0 heterocycles. The van der Waals surface area contributed by atoms with Gasteiger partial charge >= 0.3 is 0 Å². The van der Waals surface area contributed by atoms with Gasteiger partial charge in [-0.2, -0.15) is 0 Å². The van der Waals surface area contributed by atoms with Crippen molar-refractivity contribution in [2.45, 2.75) is 100 Å². The lowest BCUT2D eigenvalue weighted by atomic mass is 9.85. The number of allylic oxidation sites excluding steroid dienone is 2. The van der Waals surface area contributed by atoms with Crippen LogP contribution in [0.2, 0.25) is 1.41 Å². The molecule has 160 valence electrons. The van der Waals surface area contributed by atoms with Crippen molar-refractivity contribution < 1.29 is 10.9 Å². The molecule has 0 bridgehead atoms. The largest absolute Gasteiger partial charge is 0.488 e. The fourth-order valence-corrected chi connectivity index (χ4v) is 2.43. The third-order valence-corrected chi connectivity index (χ3v) is 3.44. The lowest BCUT2D eigenvalue weighted by Gasteiger charge is -2.28. The zero-order valence-electron chi connectivity index (χ0n) is 21.2. The average molecular weight is 391 g/mol. The quantitative estimate of drug-likeness (QED) is 0.439. The number of nitrogens with one attached hydrogen (secondary N) is 1. The molecule has 0 atom stereocenters. The van der Waals surface area contributed by atoms with E-state index in [4.69, 9.17) is 6.15 Å². The maximum Gasteiger partial charge on any atom is 0.193 e. The van der Waals surface area contributed by atoms with Crippen molar-refractivity contribution in [2.24, 2.45) is 5.41 Å². The van der Waals surface area contributed by atoms with E-state index >= 15 is 0 Å². The molecular formula is C25H43NO2. The molecule has 1 N–H and O–H groups in total. The molecule has 0 spiro atoms. The molecule has 1 rings (SSSR count). The third-order valence-electron chi connectivity index (χ3n) is 3.44. The third kappa shape index (κ3) is 11.8. The second kappa shape index (κ2) is 10.1. The van der Waals surface area contributed by atoms with Crippen molar-refractivity contribution in [3.63, 3.8) is 0 Å². The summed E-state index contributed by atoms with van der Waals surface area (Å²) in [5.74, 6) is 0.464. The molecule has 0 aromatic heterocycles. The van der Waals surface area contributed by atoms with Gasteiger partial charge in [0.15, 0.2) is 13.0 Å². The monoisotopic (exact) mass is 390 g/mol. The normalized spacial score (nSPS) is 13.5. The molecule has 28 heavy (non-hydrogen) atoms. The summed E-state index contributed by atoms with van der Waals surface area (Å²) >= 11 is 0. The Morgan fingerprint density at radius 1 is 1.04 bits per heavy atom. The number of anilines is 1. The zero-order valence-corrected chi connectivity index (χ0v) is 20.2. The Morgan fingerprint density at radius 2 is 1.54 bits per heavy atom. The fraction of sp³-hybridized carbons (Fsp3) is 0.640. The SMILES string of the molecule is CC(=O)/C(=C/C(C)(C)C)OC(C)C.[2H]N(c1ccccc1C(C)(C)C)C(C)(C)C. The van der Waals surface area contributed by atoms with Crippen molar-refractivity contribution in [3.8, 4) is 0 Å². The molecule has 0 amide bonds. The maximum atomic E-state index is 11.2. The van der Waals surface area contributed by atoms with Gasteiger partial charge in [-0.1, -0.05) is 59.7 Å². The van der Waals surface area contributed by atoms with Crippen LogP contribution in [0, 0.1) is 5.41 Å². The van der Waals surface area contributed by atoms with Gasteiger partial charge in [0, 0.05) is 18.2 Å². The Kier molecular flexibility index (Phi) is 8.78. The van der Waals surface area contributed by atoms with Crippen molar-refractivity contribution in [1.82, 2.24) is 0 Å². The second-order valence-corrected chi connectivity index (χ2v) is 10.6. The van der Waals surface area contributed by atoms with Crippen LogP contribution in [0.25, 0.3) is 0 Å². The summed E-state index contributed by atoms with van der Waals surface area (Å²) in [4.78, 5) is 11.2. The van der Waals surface area contributed by atoms with E-state index in [1.54, 1.807) is 5.31 Å². The predicted octanol–water partition coefficient (Wildman–Crippen LogP) is 7.12. The first-order valence-corrected chi connectivity index (χ1v) is 10.2. The number of hydrogen-bond donors (Lipinski definition) is 1. The van der Waals surface area contributed by atoms with Gasteiger partial charge in [0.2, 0.25) is 0 Å². The minimum absolute atomic E-state index is 0.0105. The minimum atomic E-state index is -0.179. The topological polar surface area (TPSA) is 38.3 Å². The number of carbonyl (C=O) groups excluding carboxylic acids is 1. The summed E-state index contributed by atoms with van der Waals surface area (Å²) < 4.78 is 13.6. The van der Waals surface area contributed by atoms with Gasteiger partial charge in [-0.15, -0.1) is 0 Å². The Labute approximate surface area is 175 Å². The van der Waals surface area contributed by atoms with Crippen LogP contribution in [0.15, 0.2) is 36.1 Å². The molecule has 0 aliphatic heterocycles. The maximum absolute atomic E-state index is 11.2. The predicted molar refractivity (Wildman–Crippen MR) is 123 cm³/mol. The van der Waals surface area contributed by atoms with Crippen LogP contribution >= 0.6 is 0 Å². The van der Waals surface area contributed by atoms with Crippen molar-refractivity contribution in [3.05, 3.63) is 41.7 Å². The van der Waals surface area contributed by atoms with Crippen molar-refractivity contribution in [2.75, 3.05) is 5.31 Å². The van der Waals surface area contributed by atoms with E-state index in [1.165, 1.54) is 12.5 Å². The summed E-state index contributed by atoms with van der Waals surface area (Å²) in [6.07, 6.45) is 1.92. The van der Waals surface area contributed by atoms with Gasteiger partial charge < -0.3 is 10.0 Å². The van der Waals surface area contributed by atoms with Gasteiger partial charge in [0.05, 0.1) is 6.10 Å². The zero-order chi connectivity index (χ0) is 23.2. The molecule has 0 aliphatic carbocycles. The van der Waals surface area contributed by atoms with E-state index in [-0.39, 0.29) is 28.3 Å². The first-order chi connectivity index (χ1) is 12.9. The number of ketones is 1. The van der Waals surface area contributed by atoms with Crippen LogP contribution in [0.1, 0.15) is 88.6 Å². The smallest absolute Gasteiger partial charge is 0.193 e. The molecule has 0 radical (unpaired) electrons. The Balaban J connectivity index is 0.000000555. The van der Waals surface area contributed by atoms with Crippen LogP contribution in [-0.4, -0.2) is 17.4 Å². The lowest BCUT2D eigenvalue weighted by Crippen LogP contribution is -2.28. The summed E-state index contributed by atoms with van der Waals surface area (Å²) in [6.45, 7) is 24.2. The molecule has 3 nitrogen and oxygen atoms in total. The molecule has 0 unspecified atom stereocenters. The number of ether oxygens (including phenoxy) is 1. The van der Waals surface area contributed by atoms with Gasteiger partial charge in [-0.05, 0) is 63.2 Å². The molecule has 0 fully saturated rings. The van der Waals surface area contributed by atoms with Crippen molar-refractivity contribution in [1.29, 1.82) is 0 Å². The highest BCUT2D eigenvalue weighted by Gasteiger charge is 2.19. The lowest BCUT2D eigenvalue weighted by molar-refractivity contribution is -0.117. The molecule has 3 heteroatoms. The fourth-order valence-electron chi connectivity index (χ4n) is 2.43. The number of benzene rings is 1. The number of carbonyl (C=O) groups is 1. The van der Waals surface area contributed by atoms with E-state index in [9.17, 15) is 4.79 Å². The highest BCUT2D eigenvalue weighted by atomic mass is 16.5. The Bertz CT molecular complexity index is 686. The Hall–Kier alpha value is -1.77. The summed E-state index contributed by atoms with van der Waals surface area (Å²) in [5.41, 5.74) is 2.10. The number of rotatable bonds is 4. The van der Waals surface area contributed by atoms with Crippen LogP contribution in [0.3, 0.4) is 0 Å². The van der Waals surface area contributed by atoms with Gasteiger partial charge in [-0.25, -0.2) is 0 Å². The minimum Gasteiger partial charge on any atom is -0.488 e. The number of para-hydroxylation sites is 1. The first-order valence-electron chi connectivity index (χ1n) is 10.6. The van der Waals surface area contributed by atoms with E-state index in [1.807, 2.05) is 58.9 Å². The summed E-state index contributed by atoms with van der Waals surface area (Å²) in [6, 6.07) is 8.18. The van der Waals surface area contributed by atoms with E-state index in [0.29, 0.717) is 5.76 Å². The van der Waals surface area contributed by atoms with Crippen LogP contribution < -0.4 is 5.31 Å². The Morgan fingerprint density at radius 3 is 1.89 bits per heavy atom. The molecule has 0 aliphatic rings. The molecule has 1 aromatic rings. The van der Waals surface area contributed by atoms with Crippen LogP contribution in [0.4, 0.5) is 5.69 Å². The summed E-state index contributed by atoms with van der Waals surface area (Å²) in [7, 11) is 0. The highest BCUT2D eigenvalue weighted by Crippen LogP contribution is 2.30. The second-order valence-electron chi connectivity index (χ2n) is 10.6. The molecule has 0 saturated heterocycles. The number of hydrogen-bond acceptors (Lipinski definition) is 3. The molecule has 0 saturated carbocycles. The van der Waals surface area contributed by atoms with Crippen molar-refractivity contribution >= 4 is 11.5 Å². The van der Waals surface area contributed by atoms with Gasteiger partial charge in [0.1, 0.15) is 0 Å². The molecular weight excluding hydrogens is 346 g/mol. The van der Waals surface area contributed by atoms with E-state index in [2.05, 4.69) is 47.6 Å². The standard InChI is InChI=1S/C14H23N.C11H20O2/c1-13(2,3)11-9-7-8-10-12(11)15-14(4,5)6;1-8(2)13-10(9(3)12)7-11(4,5)6/h7-10,15H,1-6H3;7-8H,1-6H3/b;10-7-/i/hD. The highest BCUT2D eigenvalue weighted by molar-refractivity contribution is 5.91. The van der Waals surface area contributed by atoms with E-state index < -0.39 is 0 Å². The molecule has 1 aromatic carbocycles. The van der Waals surface area contributed by atoms with Crippen LogP contribution in [-0.2, 0) is 14.9 Å². The van der Waals surface area contributed by atoms with E-state index in [0.717, 1.165) is 5.69 Å².